The van der Waals surface area contributed by atoms with E-state index in [2.05, 4.69) is 34.6 Å². The lowest BCUT2D eigenvalue weighted by Crippen LogP contribution is -2.48. The van der Waals surface area contributed by atoms with Gasteiger partial charge in [0.05, 0.1) is 12.8 Å². The van der Waals surface area contributed by atoms with Crippen LogP contribution in [0.5, 0.6) is 11.5 Å². The number of hydrogen-bond donors (Lipinski definition) is 2. The molecule has 0 fully saturated rings. The topological polar surface area (TPSA) is 89.0 Å². The third-order valence-electron chi connectivity index (χ3n) is 6.26. The largest absolute Gasteiger partial charge is 0.490 e. The fourth-order valence-electron chi connectivity index (χ4n) is 4.04. The molecule has 0 bridgehead atoms. The van der Waals surface area contributed by atoms with Crippen molar-refractivity contribution < 1.29 is 19.1 Å². The van der Waals surface area contributed by atoms with Crippen LogP contribution in [0.25, 0.3) is 0 Å². The van der Waals surface area contributed by atoms with Crippen molar-refractivity contribution in [3.05, 3.63) is 107 Å². The number of carbonyl (C=O) groups excluding carboxylic acids is 2. The van der Waals surface area contributed by atoms with E-state index in [1.807, 2.05) is 71.0 Å². The number of benzene rings is 3. The van der Waals surface area contributed by atoms with Gasteiger partial charge in [-0.25, -0.2) is 5.43 Å². The van der Waals surface area contributed by atoms with E-state index >= 15 is 0 Å². The van der Waals surface area contributed by atoms with Crippen LogP contribution in [-0.4, -0.2) is 30.7 Å². The van der Waals surface area contributed by atoms with Crippen molar-refractivity contribution in [2.45, 2.75) is 53.7 Å². The first-order valence-electron chi connectivity index (χ1n) is 13.5. The smallest absolute Gasteiger partial charge is 0.262 e. The molecule has 0 aliphatic rings. The Morgan fingerprint density at radius 3 is 2.23 bits per heavy atom. The molecule has 0 radical (unpaired) electrons. The highest BCUT2D eigenvalue weighted by atomic mass is 16.5. The fraction of sp³-hybridized carbons (Fsp3) is 0.303. The number of rotatable bonds is 13. The van der Waals surface area contributed by atoms with Crippen LogP contribution in [0.2, 0.25) is 0 Å². The molecule has 0 saturated carbocycles. The monoisotopic (exact) mass is 541 g/mol. The van der Waals surface area contributed by atoms with Crippen molar-refractivity contribution in [2.24, 2.45) is 11.0 Å². The second kappa shape index (κ2) is 14.7. The molecule has 40 heavy (non-hydrogen) atoms. The van der Waals surface area contributed by atoms with Crippen molar-refractivity contribution in [3.8, 4) is 11.5 Å². The Hall–Kier alpha value is -4.39. The van der Waals surface area contributed by atoms with Crippen LogP contribution in [0.4, 0.5) is 0 Å². The molecular formula is C33H39N3O4. The Balaban J connectivity index is 1.74. The van der Waals surface area contributed by atoms with Gasteiger partial charge in [0.15, 0.2) is 11.5 Å². The number of amides is 2. The Morgan fingerprint density at radius 2 is 1.62 bits per heavy atom. The van der Waals surface area contributed by atoms with Gasteiger partial charge < -0.3 is 14.8 Å². The average Bonchev–Trinajstić information content (AvgIpc) is 2.92. The van der Waals surface area contributed by atoms with Crippen LogP contribution in [-0.2, 0) is 17.8 Å². The van der Waals surface area contributed by atoms with E-state index in [1.165, 1.54) is 5.56 Å². The fourth-order valence-corrected chi connectivity index (χ4v) is 4.04. The highest BCUT2D eigenvalue weighted by molar-refractivity contribution is 5.97. The molecular weight excluding hydrogens is 502 g/mol. The number of nitrogens with zero attached hydrogens (tertiary/aromatic N) is 1. The predicted molar refractivity (Wildman–Crippen MR) is 160 cm³/mol. The van der Waals surface area contributed by atoms with E-state index in [-0.39, 0.29) is 11.8 Å². The van der Waals surface area contributed by atoms with Gasteiger partial charge in [0.1, 0.15) is 12.6 Å². The summed E-state index contributed by atoms with van der Waals surface area (Å²) in [6.45, 7) is 14.4. The molecule has 1 unspecified atom stereocenters. The lowest BCUT2D eigenvalue weighted by Gasteiger charge is -2.20. The van der Waals surface area contributed by atoms with Crippen LogP contribution >= 0.6 is 0 Å². The number of hydrazone groups is 1. The van der Waals surface area contributed by atoms with Crippen LogP contribution < -0.4 is 20.2 Å². The number of nitrogens with one attached hydrogen (secondary N) is 2. The summed E-state index contributed by atoms with van der Waals surface area (Å²) in [4.78, 5) is 25.6. The molecule has 210 valence electrons. The van der Waals surface area contributed by atoms with Gasteiger partial charge in [-0.1, -0.05) is 67.4 Å². The van der Waals surface area contributed by atoms with E-state index < -0.39 is 11.9 Å². The standard InChI is InChI=1S/C33H39N3O4/c1-7-9-28-18-26(19-29(39-8-2)31(28)40-21-25-14-10-23(5)11-15-25)20-34-36-33(38)30(22(3)4)35-32(37)27-16-12-24(6)13-17-27/h7,10-20,22,30H,1,8-9,21H2,2-6H3,(H,35,37)(H,36,38). The van der Waals surface area contributed by atoms with Gasteiger partial charge in [-0.15, -0.1) is 6.58 Å². The lowest BCUT2D eigenvalue weighted by atomic mass is 10.0. The number of aryl methyl sites for hydroxylation is 2. The number of allylic oxidation sites excluding steroid dienone is 1. The maximum Gasteiger partial charge on any atom is 0.262 e. The molecule has 0 aliphatic heterocycles. The van der Waals surface area contributed by atoms with Crippen molar-refractivity contribution in [2.75, 3.05) is 6.61 Å². The molecule has 7 heteroatoms. The minimum atomic E-state index is -0.751. The van der Waals surface area contributed by atoms with E-state index in [0.717, 1.165) is 22.3 Å². The van der Waals surface area contributed by atoms with Gasteiger partial charge in [0.2, 0.25) is 0 Å². The van der Waals surface area contributed by atoms with Gasteiger partial charge in [0.25, 0.3) is 11.8 Å². The van der Waals surface area contributed by atoms with E-state index in [4.69, 9.17) is 9.47 Å². The molecule has 2 amide bonds. The summed E-state index contributed by atoms with van der Waals surface area (Å²) in [5.41, 5.74) is 7.99. The molecule has 3 aromatic carbocycles. The quantitative estimate of drug-likeness (QED) is 0.160. The molecule has 0 aromatic heterocycles. The van der Waals surface area contributed by atoms with Crippen molar-refractivity contribution in [3.63, 3.8) is 0 Å². The van der Waals surface area contributed by atoms with Crippen LogP contribution in [0.3, 0.4) is 0 Å². The van der Waals surface area contributed by atoms with Gasteiger partial charge in [-0.3, -0.25) is 9.59 Å². The maximum atomic E-state index is 12.9. The second-order valence-electron chi connectivity index (χ2n) is 10.0. The summed E-state index contributed by atoms with van der Waals surface area (Å²) in [7, 11) is 0. The highest BCUT2D eigenvalue weighted by Crippen LogP contribution is 2.34. The Bertz CT molecular complexity index is 1330. The first-order chi connectivity index (χ1) is 19.2. The molecule has 7 nitrogen and oxygen atoms in total. The molecule has 3 aromatic rings. The van der Waals surface area contributed by atoms with E-state index in [1.54, 1.807) is 24.4 Å². The molecule has 0 saturated heterocycles. The summed E-state index contributed by atoms with van der Waals surface area (Å²) < 4.78 is 12.1. The Morgan fingerprint density at radius 1 is 0.975 bits per heavy atom. The van der Waals surface area contributed by atoms with Gasteiger partial charge in [-0.05, 0) is 68.5 Å². The summed E-state index contributed by atoms with van der Waals surface area (Å²) in [5.74, 6) is 0.392. The first kappa shape index (κ1) is 30.2. The van der Waals surface area contributed by atoms with Gasteiger partial charge >= 0.3 is 0 Å². The second-order valence-corrected chi connectivity index (χ2v) is 10.0. The number of hydrogen-bond acceptors (Lipinski definition) is 5. The van der Waals surface area contributed by atoms with Crippen molar-refractivity contribution in [1.29, 1.82) is 0 Å². The average molecular weight is 542 g/mol. The molecule has 1 atom stereocenters. The third kappa shape index (κ3) is 8.56. The first-order valence-corrected chi connectivity index (χ1v) is 13.5. The van der Waals surface area contributed by atoms with Gasteiger partial charge in [-0.2, -0.15) is 5.10 Å². The summed E-state index contributed by atoms with van der Waals surface area (Å²) in [6, 6.07) is 18.4. The van der Waals surface area contributed by atoms with Crippen LogP contribution in [0.15, 0.2) is 78.4 Å². The van der Waals surface area contributed by atoms with Crippen LogP contribution in [0, 0.1) is 19.8 Å². The molecule has 0 heterocycles. The predicted octanol–water partition coefficient (Wildman–Crippen LogP) is 5.91. The summed E-state index contributed by atoms with van der Waals surface area (Å²) in [5, 5.41) is 6.99. The summed E-state index contributed by atoms with van der Waals surface area (Å²) >= 11 is 0. The SMILES string of the molecule is C=CCc1cc(C=NNC(=O)C(NC(=O)c2ccc(C)cc2)C(C)C)cc(OCC)c1OCc1ccc(C)cc1. The molecule has 2 N–H and O–H groups in total. The molecule has 0 aliphatic carbocycles. The molecule has 0 spiro atoms. The maximum absolute atomic E-state index is 12.9. The zero-order valence-electron chi connectivity index (χ0n) is 24.0. The Kier molecular flexibility index (Phi) is 11.1. The van der Waals surface area contributed by atoms with Crippen LogP contribution in [0.1, 0.15) is 58.9 Å². The minimum absolute atomic E-state index is 0.140. The summed E-state index contributed by atoms with van der Waals surface area (Å²) in [6.07, 6.45) is 3.92. The Labute approximate surface area is 237 Å². The number of carbonyl (C=O) groups is 2. The number of ether oxygens (including phenoxy) is 2. The van der Waals surface area contributed by atoms with Gasteiger partial charge in [0, 0.05) is 11.1 Å². The minimum Gasteiger partial charge on any atom is -0.490 e. The van der Waals surface area contributed by atoms with E-state index in [0.29, 0.717) is 36.7 Å². The highest BCUT2D eigenvalue weighted by Gasteiger charge is 2.24. The lowest BCUT2D eigenvalue weighted by molar-refractivity contribution is -0.123. The van der Waals surface area contributed by atoms with E-state index in [9.17, 15) is 9.59 Å². The molecule has 3 rings (SSSR count). The third-order valence-corrected chi connectivity index (χ3v) is 6.26. The normalized spacial score (nSPS) is 11.8. The zero-order chi connectivity index (χ0) is 29.1. The van der Waals surface area contributed by atoms with Crippen molar-refractivity contribution >= 4 is 18.0 Å². The van der Waals surface area contributed by atoms with Crippen molar-refractivity contribution in [1.82, 2.24) is 10.7 Å². The zero-order valence-corrected chi connectivity index (χ0v) is 24.0.